The fourth-order valence-electron chi connectivity index (χ4n) is 2.61. The molecule has 1 amide bonds. The summed E-state index contributed by atoms with van der Waals surface area (Å²) in [6, 6.07) is 0. The Kier molecular flexibility index (Phi) is 3.47. The number of ether oxygens (including phenoxy) is 2. The van der Waals surface area contributed by atoms with Gasteiger partial charge in [0.05, 0.1) is 12.1 Å². The lowest BCUT2D eigenvalue weighted by Gasteiger charge is -2.26. The summed E-state index contributed by atoms with van der Waals surface area (Å²) in [5, 5.41) is 8.95. The standard InChI is InChI=1S/C13H21NO5/c1-12(2,3)19-11(17)14-7-6-13(8-14)5-4-9(18-13)10(15)16/h9H,4-8H2,1-3H3,(H,15,16)/t9-,13-/m0/s1. The lowest BCUT2D eigenvalue weighted by molar-refractivity contribution is -0.153. The van der Waals surface area contributed by atoms with Gasteiger partial charge in [-0.1, -0.05) is 0 Å². The molecule has 19 heavy (non-hydrogen) atoms. The number of carbonyl (C=O) groups is 2. The van der Waals surface area contributed by atoms with Gasteiger partial charge in [0.25, 0.3) is 0 Å². The monoisotopic (exact) mass is 271 g/mol. The second-order valence-electron chi connectivity index (χ2n) is 6.32. The molecule has 2 heterocycles. The van der Waals surface area contributed by atoms with Crippen molar-refractivity contribution in [2.75, 3.05) is 13.1 Å². The summed E-state index contributed by atoms with van der Waals surface area (Å²) in [6.45, 7) is 6.45. The molecule has 0 aromatic heterocycles. The number of carboxylic acid groups (broad SMARTS) is 1. The molecular weight excluding hydrogens is 250 g/mol. The van der Waals surface area contributed by atoms with Crippen LogP contribution in [-0.4, -0.2) is 52.5 Å². The molecule has 2 saturated heterocycles. The van der Waals surface area contributed by atoms with Crippen molar-refractivity contribution in [3.8, 4) is 0 Å². The molecule has 2 atom stereocenters. The largest absolute Gasteiger partial charge is 0.479 e. The Bertz CT molecular complexity index is 389. The van der Waals surface area contributed by atoms with E-state index >= 15 is 0 Å². The van der Waals surface area contributed by atoms with E-state index in [4.69, 9.17) is 14.6 Å². The average molecular weight is 271 g/mol. The Balaban J connectivity index is 1.93. The number of amides is 1. The van der Waals surface area contributed by atoms with Crippen LogP contribution in [0.3, 0.4) is 0 Å². The maximum Gasteiger partial charge on any atom is 0.410 e. The molecular formula is C13H21NO5. The fourth-order valence-corrected chi connectivity index (χ4v) is 2.61. The minimum absolute atomic E-state index is 0.355. The Morgan fingerprint density at radius 1 is 1.37 bits per heavy atom. The first-order valence-electron chi connectivity index (χ1n) is 6.59. The first-order valence-corrected chi connectivity index (χ1v) is 6.59. The maximum atomic E-state index is 11.9. The third kappa shape index (κ3) is 3.18. The predicted octanol–water partition coefficient (Wildman–Crippen LogP) is 1.63. The van der Waals surface area contributed by atoms with E-state index in [2.05, 4.69) is 0 Å². The van der Waals surface area contributed by atoms with E-state index in [0.717, 1.165) is 0 Å². The number of carbonyl (C=O) groups excluding carboxylic acids is 1. The molecule has 0 radical (unpaired) electrons. The summed E-state index contributed by atoms with van der Waals surface area (Å²) in [5.41, 5.74) is -1.01. The number of nitrogens with zero attached hydrogens (tertiary/aromatic N) is 1. The van der Waals surface area contributed by atoms with Crippen molar-refractivity contribution in [1.29, 1.82) is 0 Å². The van der Waals surface area contributed by atoms with Crippen LogP contribution in [-0.2, 0) is 14.3 Å². The van der Waals surface area contributed by atoms with Crippen molar-refractivity contribution in [2.24, 2.45) is 0 Å². The zero-order valence-electron chi connectivity index (χ0n) is 11.6. The van der Waals surface area contributed by atoms with Crippen LogP contribution in [0.4, 0.5) is 4.79 Å². The molecule has 2 fully saturated rings. The Morgan fingerprint density at radius 3 is 2.58 bits per heavy atom. The van der Waals surface area contributed by atoms with E-state index in [1.165, 1.54) is 0 Å². The van der Waals surface area contributed by atoms with Crippen LogP contribution in [0, 0.1) is 0 Å². The number of likely N-dealkylation sites (tertiary alicyclic amines) is 1. The van der Waals surface area contributed by atoms with Gasteiger partial charge in [-0.25, -0.2) is 9.59 Å². The summed E-state index contributed by atoms with van der Waals surface area (Å²) in [4.78, 5) is 24.5. The molecule has 2 aliphatic rings. The number of hydrogen-bond donors (Lipinski definition) is 1. The molecule has 0 unspecified atom stereocenters. The highest BCUT2D eigenvalue weighted by molar-refractivity contribution is 5.73. The molecule has 1 spiro atoms. The third-order valence-electron chi connectivity index (χ3n) is 3.50. The molecule has 0 aliphatic carbocycles. The molecule has 6 nitrogen and oxygen atoms in total. The lowest BCUT2D eigenvalue weighted by Crippen LogP contribution is -2.39. The number of hydrogen-bond acceptors (Lipinski definition) is 4. The SMILES string of the molecule is CC(C)(C)OC(=O)N1CC[C@@]2(CC[C@@H](C(=O)O)O2)C1. The molecule has 2 rings (SSSR count). The van der Waals surface area contributed by atoms with Gasteiger partial charge in [0.15, 0.2) is 6.10 Å². The first-order chi connectivity index (χ1) is 8.71. The summed E-state index contributed by atoms with van der Waals surface area (Å²) >= 11 is 0. The van der Waals surface area contributed by atoms with Crippen LogP contribution >= 0.6 is 0 Å². The molecule has 0 aromatic carbocycles. The van der Waals surface area contributed by atoms with E-state index in [-0.39, 0.29) is 6.09 Å². The van der Waals surface area contributed by atoms with E-state index in [9.17, 15) is 9.59 Å². The topological polar surface area (TPSA) is 76.1 Å². The third-order valence-corrected chi connectivity index (χ3v) is 3.50. The Morgan fingerprint density at radius 2 is 2.05 bits per heavy atom. The van der Waals surface area contributed by atoms with E-state index < -0.39 is 23.3 Å². The molecule has 0 bridgehead atoms. The van der Waals surface area contributed by atoms with Crippen LogP contribution < -0.4 is 0 Å². The van der Waals surface area contributed by atoms with Crippen LogP contribution in [0.15, 0.2) is 0 Å². The van der Waals surface area contributed by atoms with Gasteiger partial charge in [-0.05, 0) is 40.0 Å². The van der Waals surface area contributed by atoms with Crippen LogP contribution in [0.25, 0.3) is 0 Å². The van der Waals surface area contributed by atoms with Gasteiger partial charge in [-0.2, -0.15) is 0 Å². The minimum Gasteiger partial charge on any atom is -0.479 e. The lowest BCUT2D eigenvalue weighted by atomic mass is 9.99. The van der Waals surface area contributed by atoms with Gasteiger partial charge in [0, 0.05) is 6.54 Å². The van der Waals surface area contributed by atoms with Crippen molar-refractivity contribution < 1.29 is 24.2 Å². The zero-order chi connectivity index (χ0) is 14.3. The first kappa shape index (κ1) is 14.1. The second-order valence-corrected chi connectivity index (χ2v) is 6.32. The van der Waals surface area contributed by atoms with Crippen molar-refractivity contribution in [3.63, 3.8) is 0 Å². The maximum absolute atomic E-state index is 11.9. The highest BCUT2D eigenvalue weighted by atomic mass is 16.6. The fraction of sp³-hybridized carbons (Fsp3) is 0.846. The highest BCUT2D eigenvalue weighted by Crippen LogP contribution is 2.38. The molecule has 1 N–H and O–H groups in total. The van der Waals surface area contributed by atoms with Gasteiger partial charge in [0.1, 0.15) is 5.60 Å². The van der Waals surface area contributed by atoms with Gasteiger partial charge >= 0.3 is 12.1 Å². The second kappa shape index (κ2) is 4.67. The van der Waals surface area contributed by atoms with E-state index in [0.29, 0.717) is 32.4 Å². The van der Waals surface area contributed by atoms with Gasteiger partial charge < -0.3 is 19.5 Å². The normalized spacial score (nSPS) is 30.9. The van der Waals surface area contributed by atoms with Crippen molar-refractivity contribution in [2.45, 2.75) is 57.3 Å². The smallest absolute Gasteiger partial charge is 0.410 e. The van der Waals surface area contributed by atoms with Crippen LogP contribution in [0.2, 0.25) is 0 Å². The van der Waals surface area contributed by atoms with E-state index in [1.54, 1.807) is 4.90 Å². The highest BCUT2D eigenvalue weighted by Gasteiger charge is 2.49. The average Bonchev–Trinajstić information content (AvgIpc) is 2.85. The van der Waals surface area contributed by atoms with Crippen molar-refractivity contribution in [3.05, 3.63) is 0 Å². The van der Waals surface area contributed by atoms with Gasteiger partial charge in [-0.15, -0.1) is 0 Å². The van der Waals surface area contributed by atoms with Gasteiger partial charge in [-0.3, -0.25) is 0 Å². The predicted molar refractivity (Wildman–Crippen MR) is 66.9 cm³/mol. The molecule has 108 valence electrons. The molecule has 2 aliphatic heterocycles. The van der Waals surface area contributed by atoms with Crippen LogP contribution in [0.1, 0.15) is 40.0 Å². The number of aliphatic carboxylic acids is 1. The Hall–Kier alpha value is -1.30. The number of rotatable bonds is 1. The molecule has 0 saturated carbocycles. The Labute approximate surface area is 112 Å². The minimum atomic E-state index is -0.924. The molecule has 0 aromatic rings. The summed E-state index contributed by atoms with van der Waals surface area (Å²) in [6.07, 6.45) is 0.780. The van der Waals surface area contributed by atoms with Gasteiger partial charge in [0.2, 0.25) is 0 Å². The summed E-state index contributed by atoms with van der Waals surface area (Å²) in [7, 11) is 0. The summed E-state index contributed by atoms with van der Waals surface area (Å²) < 4.78 is 10.9. The van der Waals surface area contributed by atoms with Crippen molar-refractivity contribution in [1.82, 2.24) is 4.90 Å². The summed E-state index contributed by atoms with van der Waals surface area (Å²) in [5.74, 6) is -0.924. The quantitative estimate of drug-likeness (QED) is 0.784. The molecule has 6 heteroatoms. The zero-order valence-corrected chi connectivity index (χ0v) is 11.6. The van der Waals surface area contributed by atoms with E-state index in [1.807, 2.05) is 20.8 Å². The van der Waals surface area contributed by atoms with Crippen LogP contribution in [0.5, 0.6) is 0 Å². The number of carboxylic acids is 1. The van der Waals surface area contributed by atoms with Crippen molar-refractivity contribution >= 4 is 12.1 Å².